The Balaban J connectivity index is 1.30. The van der Waals surface area contributed by atoms with Gasteiger partial charge in [0.2, 0.25) is 0 Å². The molecule has 1 aromatic heterocycles. The van der Waals surface area contributed by atoms with Gasteiger partial charge in [0.25, 0.3) is 0 Å². The minimum atomic E-state index is 0.0661. The smallest absolute Gasteiger partial charge is 0.145 e. The first kappa shape index (κ1) is 21.2. The number of nitrogens with zero attached hydrogens (tertiary/aromatic N) is 2. The first-order valence-corrected chi connectivity index (χ1v) is 13.1. The lowest BCUT2D eigenvalue weighted by molar-refractivity contribution is 0.270. The molecule has 0 radical (unpaired) electrons. The molecule has 0 amide bonds. The second-order valence-corrected chi connectivity index (χ2v) is 9.97. The van der Waals surface area contributed by atoms with Gasteiger partial charge in [-0.1, -0.05) is 97.1 Å². The highest BCUT2D eigenvalue weighted by Crippen LogP contribution is 2.47. The lowest BCUT2D eigenvalue weighted by Gasteiger charge is -2.14. The van der Waals surface area contributed by atoms with E-state index >= 15 is 0 Å². The van der Waals surface area contributed by atoms with E-state index in [1.165, 1.54) is 16.3 Å². The van der Waals surface area contributed by atoms with Gasteiger partial charge in [0.05, 0.1) is 11.0 Å². The lowest BCUT2D eigenvalue weighted by atomic mass is 9.90. The van der Waals surface area contributed by atoms with Crippen LogP contribution in [0.4, 0.5) is 0 Å². The van der Waals surface area contributed by atoms with E-state index < -0.39 is 0 Å². The van der Waals surface area contributed by atoms with Crippen molar-refractivity contribution in [1.29, 1.82) is 0 Å². The van der Waals surface area contributed by atoms with Crippen LogP contribution in [0.25, 0.3) is 50.0 Å². The molecule has 8 rings (SSSR count). The molecule has 38 heavy (non-hydrogen) atoms. The summed E-state index contributed by atoms with van der Waals surface area (Å²) in [4.78, 5) is 5.12. The maximum Gasteiger partial charge on any atom is 0.145 e. The summed E-state index contributed by atoms with van der Waals surface area (Å²) in [7, 11) is 0. The van der Waals surface area contributed by atoms with Gasteiger partial charge in [-0.15, -0.1) is 0 Å². The number of hydrogen-bond acceptors (Lipinski definition) is 2. The van der Waals surface area contributed by atoms with Crippen LogP contribution in [0.1, 0.15) is 11.5 Å². The normalized spacial score (nSPS) is 17.5. The summed E-state index contributed by atoms with van der Waals surface area (Å²) >= 11 is 0. The molecule has 0 spiro atoms. The summed E-state index contributed by atoms with van der Waals surface area (Å²) in [5.74, 6) is 2.19. The third-order valence-electron chi connectivity index (χ3n) is 7.73. The average molecular weight is 489 g/mol. The second kappa shape index (κ2) is 8.32. The number of imidazole rings is 1. The fourth-order valence-electron chi connectivity index (χ4n) is 5.91. The van der Waals surface area contributed by atoms with Crippen LogP contribution >= 0.6 is 0 Å². The number of para-hydroxylation sites is 3. The molecular weight excluding hydrogens is 464 g/mol. The summed E-state index contributed by atoms with van der Waals surface area (Å²) in [6, 6.07) is 38.6. The zero-order chi connectivity index (χ0) is 25.1. The van der Waals surface area contributed by atoms with E-state index in [9.17, 15) is 0 Å². The molecule has 0 saturated heterocycles. The molecule has 0 saturated carbocycles. The van der Waals surface area contributed by atoms with Crippen LogP contribution in [0.5, 0.6) is 5.75 Å². The molecule has 0 bridgehead atoms. The Morgan fingerprint density at radius 2 is 1.47 bits per heavy atom. The van der Waals surface area contributed by atoms with Crippen molar-refractivity contribution in [2.45, 2.75) is 12.0 Å². The predicted octanol–water partition coefficient (Wildman–Crippen LogP) is 8.48. The van der Waals surface area contributed by atoms with Gasteiger partial charge in [0, 0.05) is 28.3 Å². The van der Waals surface area contributed by atoms with Gasteiger partial charge in [-0.25, -0.2) is 4.98 Å². The van der Waals surface area contributed by atoms with Crippen molar-refractivity contribution >= 4 is 21.8 Å². The maximum absolute atomic E-state index is 6.47. The van der Waals surface area contributed by atoms with Gasteiger partial charge in [0.15, 0.2) is 0 Å². The number of ether oxygens (including phenoxy) is 1. The van der Waals surface area contributed by atoms with Crippen LogP contribution < -0.4 is 4.74 Å². The van der Waals surface area contributed by atoms with E-state index in [1.807, 2.05) is 6.07 Å². The van der Waals surface area contributed by atoms with Crippen LogP contribution in [0.3, 0.4) is 0 Å². The van der Waals surface area contributed by atoms with Crippen molar-refractivity contribution < 1.29 is 4.74 Å². The molecule has 0 fully saturated rings. The Bertz CT molecular complexity index is 1930. The molecule has 3 heteroatoms. The van der Waals surface area contributed by atoms with Gasteiger partial charge in [-0.2, -0.15) is 0 Å². The number of rotatable bonds is 3. The topological polar surface area (TPSA) is 27.1 Å². The highest BCUT2D eigenvalue weighted by Gasteiger charge is 2.33. The van der Waals surface area contributed by atoms with Crippen molar-refractivity contribution in [2.75, 3.05) is 0 Å². The molecule has 5 aromatic carbocycles. The van der Waals surface area contributed by atoms with E-state index in [-0.39, 0.29) is 12.0 Å². The molecule has 3 nitrogen and oxygen atoms in total. The summed E-state index contributed by atoms with van der Waals surface area (Å²) in [5, 5.41) is 2.44. The fraction of sp³-hybridized carbons (Fsp3) is 0.0571. The minimum absolute atomic E-state index is 0.0661. The Hall–Kier alpha value is -4.89. The second-order valence-electron chi connectivity index (χ2n) is 9.97. The standard InChI is InChI=1S/C35H24N2O/c1-2-10-24-22-27(20-19-23(24)9-1)37-32-17-5-4-16-31(32)36-35(37)26-12-7-11-25(21-26)28-14-8-15-30-29-13-3-6-18-33(29)38-34(28)30/h1-22,29,33H. The predicted molar refractivity (Wildman–Crippen MR) is 155 cm³/mol. The summed E-state index contributed by atoms with van der Waals surface area (Å²) in [5.41, 5.74) is 7.74. The fourth-order valence-corrected chi connectivity index (χ4v) is 5.91. The maximum atomic E-state index is 6.47. The van der Waals surface area contributed by atoms with Crippen LogP contribution in [0.15, 0.2) is 133 Å². The molecule has 2 unspecified atom stereocenters. The summed E-state index contributed by atoms with van der Waals surface area (Å²) in [6.45, 7) is 0. The van der Waals surface area contributed by atoms with Gasteiger partial charge < -0.3 is 4.74 Å². The van der Waals surface area contributed by atoms with Gasteiger partial charge in [-0.3, -0.25) is 4.57 Å². The molecule has 180 valence electrons. The first-order valence-electron chi connectivity index (χ1n) is 13.1. The number of allylic oxidation sites excluding steroid dienone is 2. The summed E-state index contributed by atoms with van der Waals surface area (Å²) in [6.07, 6.45) is 8.64. The van der Waals surface area contributed by atoms with Crippen molar-refractivity contribution in [3.05, 3.63) is 139 Å². The van der Waals surface area contributed by atoms with Gasteiger partial charge in [0.1, 0.15) is 17.7 Å². The van der Waals surface area contributed by atoms with Crippen molar-refractivity contribution in [1.82, 2.24) is 9.55 Å². The molecule has 1 aliphatic carbocycles. The third kappa shape index (κ3) is 3.25. The quantitative estimate of drug-likeness (QED) is 0.250. The molecule has 2 atom stereocenters. The van der Waals surface area contributed by atoms with Crippen molar-refractivity contribution in [2.24, 2.45) is 0 Å². The van der Waals surface area contributed by atoms with E-state index in [0.717, 1.165) is 45.0 Å². The van der Waals surface area contributed by atoms with Gasteiger partial charge >= 0.3 is 0 Å². The van der Waals surface area contributed by atoms with Gasteiger partial charge in [-0.05, 0) is 52.7 Å². The Labute approximate surface area is 221 Å². The molecular formula is C35H24N2O. The van der Waals surface area contributed by atoms with E-state index in [1.54, 1.807) is 0 Å². The van der Waals surface area contributed by atoms with Crippen LogP contribution in [-0.2, 0) is 0 Å². The van der Waals surface area contributed by atoms with E-state index in [0.29, 0.717) is 0 Å². The number of fused-ring (bicyclic) bond motifs is 5. The minimum Gasteiger partial charge on any atom is -0.484 e. The van der Waals surface area contributed by atoms with E-state index in [4.69, 9.17) is 9.72 Å². The van der Waals surface area contributed by atoms with E-state index in [2.05, 4.69) is 132 Å². The van der Waals surface area contributed by atoms with Crippen molar-refractivity contribution in [3.63, 3.8) is 0 Å². The molecule has 6 aromatic rings. The zero-order valence-electron chi connectivity index (χ0n) is 20.7. The lowest BCUT2D eigenvalue weighted by Crippen LogP contribution is -2.15. The molecule has 2 aliphatic rings. The SMILES string of the molecule is C1=CC2Oc3c(-c4cccc(-c5nc6ccccc6n5-c5ccc6ccccc6c5)c4)cccc3C2C=C1. The zero-order valence-corrected chi connectivity index (χ0v) is 20.7. The van der Waals surface area contributed by atoms with Crippen LogP contribution in [0.2, 0.25) is 0 Å². The summed E-state index contributed by atoms with van der Waals surface area (Å²) < 4.78 is 8.74. The van der Waals surface area contributed by atoms with Crippen LogP contribution in [0, 0.1) is 0 Å². The molecule has 0 N–H and O–H groups in total. The number of hydrogen-bond donors (Lipinski definition) is 0. The highest BCUT2D eigenvalue weighted by molar-refractivity contribution is 5.88. The Morgan fingerprint density at radius 3 is 2.45 bits per heavy atom. The molecule has 1 aliphatic heterocycles. The first-order chi connectivity index (χ1) is 18.8. The van der Waals surface area contributed by atoms with Crippen molar-refractivity contribution in [3.8, 4) is 34.0 Å². The third-order valence-corrected chi connectivity index (χ3v) is 7.73. The highest BCUT2D eigenvalue weighted by atomic mass is 16.5. The molecule has 2 heterocycles. The monoisotopic (exact) mass is 488 g/mol. The number of benzene rings is 5. The largest absolute Gasteiger partial charge is 0.484 e. The van der Waals surface area contributed by atoms with Crippen LogP contribution in [-0.4, -0.2) is 15.7 Å². The Morgan fingerprint density at radius 1 is 0.658 bits per heavy atom. The average Bonchev–Trinajstić information content (AvgIpc) is 3.56. The number of aromatic nitrogens is 2. The Kier molecular flexibility index (Phi) is 4.65.